The summed E-state index contributed by atoms with van der Waals surface area (Å²) in [5.74, 6) is 0.951. The molecule has 1 saturated heterocycles. The van der Waals surface area contributed by atoms with Crippen molar-refractivity contribution in [2.75, 3.05) is 39.8 Å². The van der Waals surface area contributed by atoms with Crippen molar-refractivity contribution in [3.05, 3.63) is 65.5 Å². The van der Waals surface area contributed by atoms with Crippen LogP contribution >= 0.6 is 0 Å². The maximum Gasteiger partial charge on any atom is 0.227 e. The first-order valence-corrected chi connectivity index (χ1v) is 10.6. The quantitative estimate of drug-likeness (QED) is 0.558. The Kier molecular flexibility index (Phi) is 6.72. The fourth-order valence-corrected chi connectivity index (χ4v) is 3.88. The molecule has 164 valence electrons. The van der Waals surface area contributed by atoms with Crippen LogP contribution in [0.15, 0.2) is 48.8 Å². The number of hydrogen-bond donors (Lipinski definition) is 0. The number of aromatic nitrogens is 4. The van der Waals surface area contributed by atoms with Crippen molar-refractivity contribution in [3.8, 4) is 17.5 Å². The van der Waals surface area contributed by atoms with Crippen molar-refractivity contribution >= 4 is 5.91 Å². The standard InChI is InChI=1S/C23H25N7O2/c1-32-22-7-4-19(16-24)14-20(22)8-9-28-10-12-29(13-11-28)23(31)15-18-2-5-21(6-3-18)30-17-25-26-27-30/h2-7,14,17H,8-13,15H2,1H3. The van der Waals surface area contributed by atoms with Gasteiger partial charge in [-0.25, -0.2) is 4.68 Å². The molecule has 0 radical (unpaired) electrons. The molecule has 2 heterocycles. The van der Waals surface area contributed by atoms with E-state index in [1.54, 1.807) is 17.9 Å². The molecule has 1 aromatic heterocycles. The van der Waals surface area contributed by atoms with Crippen LogP contribution < -0.4 is 4.74 Å². The molecule has 3 aromatic rings. The Morgan fingerprint density at radius 1 is 1.12 bits per heavy atom. The summed E-state index contributed by atoms with van der Waals surface area (Å²) in [5, 5.41) is 20.3. The summed E-state index contributed by atoms with van der Waals surface area (Å²) in [5.41, 5.74) is 3.51. The first kappa shape index (κ1) is 21.5. The Balaban J connectivity index is 1.26. The lowest BCUT2D eigenvalue weighted by Gasteiger charge is -2.35. The van der Waals surface area contributed by atoms with Gasteiger partial charge in [0.25, 0.3) is 0 Å². The second kappa shape index (κ2) is 10.0. The van der Waals surface area contributed by atoms with Gasteiger partial charge in [0.1, 0.15) is 12.1 Å². The number of benzene rings is 2. The number of nitriles is 1. The first-order chi connectivity index (χ1) is 15.7. The molecule has 2 aromatic carbocycles. The van der Waals surface area contributed by atoms with E-state index in [0.29, 0.717) is 12.0 Å². The molecule has 0 spiro atoms. The van der Waals surface area contributed by atoms with E-state index < -0.39 is 0 Å². The number of rotatable bonds is 7. The molecule has 0 atom stereocenters. The van der Waals surface area contributed by atoms with E-state index in [-0.39, 0.29) is 5.91 Å². The highest BCUT2D eigenvalue weighted by Gasteiger charge is 2.21. The van der Waals surface area contributed by atoms with Crippen molar-refractivity contribution in [2.45, 2.75) is 12.8 Å². The summed E-state index contributed by atoms with van der Waals surface area (Å²) in [6.45, 7) is 3.98. The smallest absolute Gasteiger partial charge is 0.227 e. The van der Waals surface area contributed by atoms with Crippen LogP contribution in [0.5, 0.6) is 5.75 Å². The average Bonchev–Trinajstić information content (AvgIpc) is 3.38. The fourth-order valence-electron chi connectivity index (χ4n) is 3.88. The van der Waals surface area contributed by atoms with E-state index in [0.717, 1.165) is 61.7 Å². The number of hydrogen-bond acceptors (Lipinski definition) is 7. The van der Waals surface area contributed by atoms with E-state index in [1.165, 1.54) is 6.33 Å². The van der Waals surface area contributed by atoms with Crippen LogP contribution in [-0.2, 0) is 17.6 Å². The summed E-state index contributed by atoms with van der Waals surface area (Å²) in [7, 11) is 1.65. The third-order valence-electron chi connectivity index (χ3n) is 5.74. The Morgan fingerprint density at radius 3 is 2.56 bits per heavy atom. The van der Waals surface area contributed by atoms with Gasteiger partial charge in [0, 0.05) is 32.7 Å². The van der Waals surface area contributed by atoms with Crippen molar-refractivity contribution in [1.82, 2.24) is 30.0 Å². The van der Waals surface area contributed by atoms with E-state index in [4.69, 9.17) is 10.00 Å². The highest BCUT2D eigenvalue weighted by atomic mass is 16.5. The van der Waals surface area contributed by atoms with Crippen molar-refractivity contribution in [1.29, 1.82) is 5.26 Å². The van der Waals surface area contributed by atoms with E-state index in [9.17, 15) is 4.79 Å². The highest BCUT2D eigenvalue weighted by Crippen LogP contribution is 2.21. The van der Waals surface area contributed by atoms with E-state index in [2.05, 4.69) is 26.5 Å². The van der Waals surface area contributed by atoms with Crippen molar-refractivity contribution in [3.63, 3.8) is 0 Å². The molecule has 9 nitrogen and oxygen atoms in total. The molecule has 9 heteroatoms. The molecule has 0 bridgehead atoms. The Morgan fingerprint density at radius 2 is 1.91 bits per heavy atom. The average molecular weight is 432 g/mol. The molecule has 1 aliphatic heterocycles. The molecule has 32 heavy (non-hydrogen) atoms. The topological polar surface area (TPSA) is 100 Å². The summed E-state index contributed by atoms with van der Waals surface area (Å²) >= 11 is 0. The summed E-state index contributed by atoms with van der Waals surface area (Å²) in [6, 6.07) is 15.4. The number of amides is 1. The number of tetrazole rings is 1. The molecule has 0 saturated carbocycles. The van der Waals surface area contributed by atoms with Crippen molar-refractivity contribution in [2.24, 2.45) is 0 Å². The van der Waals surface area contributed by atoms with Crippen LogP contribution in [0.2, 0.25) is 0 Å². The monoisotopic (exact) mass is 431 g/mol. The predicted molar refractivity (Wildman–Crippen MR) is 117 cm³/mol. The normalized spacial score (nSPS) is 14.2. The zero-order valence-corrected chi connectivity index (χ0v) is 18.0. The fraction of sp³-hybridized carbons (Fsp3) is 0.348. The third-order valence-corrected chi connectivity index (χ3v) is 5.74. The lowest BCUT2D eigenvalue weighted by Crippen LogP contribution is -2.49. The second-order valence-corrected chi connectivity index (χ2v) is 7.71. The van der Waals surface area contributed by atoms with Gasteiger partial charge in [0.05, 0.1) is 30.9 Å². The van der Waals surface area contributed by atoms with Crippen LogP contribution in [0.1, 0.15) is 16.7 Å². The van der Waals surface area contributed by atoms with Crippen LogP contribution in [0.25, 0.3) is 5.69 Å². The van der Waals surface area contributed by atoms with Gasteiger partial charge in [-0.3, -0.25) is 9.69 Å². The summed E-state index contributed by atoms with van der Waals surface area (Å²) < 4.78 is 7.01. The molecule has 0 N–H and O–H groups in total. The van der Waals surface area contributed by atoms with Gasteiger partial charge in [-0.15, -0.1) is 5.10 Å². The predicted octanol–water partition coefficient (Wildman–Crippen LogP) is 1.47. The number of carbonyl (C=O) groups excluding carboxylic acids is 1. The van der Waals surface area contributed by atoms with Gasteiger partial charge in [-0.1, -0.05) is 12.1 Å². The molecular weight excluding hydrogens is 406 g/mol. The Labute approximate surface area is 186 Å². The Bertz CT molecular complexity index is 1080. The van der Waals surface area contributed by atoms with Gasteiger partial charge in [0.2, 0.25) is 5.91 Å². The second-order valence-electron chi connectivity index (χ2n) is 7.71. The SMILES string of the molecule is COc1ccc(C#N)cc1CCN1CCN(C(=O)Cc2ccc(-n3cnnn3)cc2)CC1. The largest absolute Gasteiger partial charge is 0.496 e. The minimum Gasteiger partial charge on any atom is -0.496 e. The van der Waals surface area contributed by atoms with Gasteiger partial charge < -0.3 is 9.64 Å². The van der Waals surface area contributed by atoms with Crippen LogP contribution in [-0.4, -0.2) is 75.7 Å². The molecular formula is C23H25N7O2. The van der Waals surface area contributed by atoms with Crippen molar-refractivity contribution < 1.29 is 9.53 Å². The zero-order valence-electron chi connectivity index (χ0n) is 18.0. The number of ether oxygens (including phenoxy) is 1. The van der Waals surface area contributed by atoms with Gasteiger partial charge >= 0.3 is 0 Å². The lowest BCUT2D eigenvalue weighted by molar-refractivity contribution is -0.132. The summed E-state index contributed by atoms with van der Waals surface area (Å²) in [4.78, 5) is 17.0. The van der Waals surface area contributed by atoms with Crippen LogP contribution in [0.3, 0.4) is 0 Å². The number of piperazine rings is 1. The molecule has 0 unspecified atom stereocenters. The van der Waals surface area contributed by atoms with E-state index in [1.807, 2.05) is 41.3 Å². The highest BCUT2D eigenvalue weighted by molar-refractivity contribution is 5.79. The maximum atomic E-state index is 12.7. The maximum absolute atomic E-state index is 12.7. The van der Waals surface area contributed by atoms with Crippen LogP contribution in [0.4, 0.5) is 0 Å². The first-order valence-electron chi connectivity index (χ1n) is 10.6. The lowest BCUT2D eigenvalue weighted by atomic mass is 10.1. The number of methoxy groups -OCH3 is 1. The number of nitrogens with zero attached hydrogens (tertiary/aromatic N) is 7. The molecule has 4 rings (SSSR count). The molecule has 0 aliphatic carbocycles. The minimum atomic E-state index is 0.142. The summed E-state index contributed by atoms with van der Waals surface area (Å²) in [6.07, 6.45) is 2.73. The zero-order chi connectivity index (χ0) is 22.3. The Hall–Kier alpha value is -3.77. The van der Waals surface area contributed by atoms with Gasteiger partial charge in [0.15, 0.2) is 0 Å². The third kappa shape index (κ3) is 5.10. The van der Waals surface area contributed by atoms with Gasteiger partial charge in [-0.05, 0) is 58.3 Å². The molecule has 1 amide bonds. The molecule has 1 aliphatic rings. The number of carbonyl (C=O) groups is 1. The van der Waals surface area contributed by atoms with Gasteiger partial charge in [-0.2, -0.15) is 5.26 Å². The van der Waals surface area contributed by atoms with E-state index >= 15 is 0 Å². The van der Waals surface area contributed by atoms with Crippen LogP contribution in [0, 0.1) is 11.3 Å². The molecule has 1 fully saturated rings. The minimum absolute atomic E-state index is 0.142.